The van der Waals surface area contributed by atoms with Crippen molar-refractivity contribution in [3.8, 4) is 0 Å². The molecule has 0 spiro atoms. The lowest BCUT2D eigenvalue weighted by atomic mass is 10.1. The summed E-state index contributed by atoms with van der Waals surface area (Å²) in [5, 5.41) is 2.75. The standard InChI is InChI=1S/C21H22FN3O4/c1-29-21(28)16-4-2-15(3-5-16)20(27)25-12-10-24(11-13-25)14-19(26)23-18-8-6-17(22)7-9-18/h2-9H,10-14H2,1H3,(H,23,26)/p+1. The van der Waals surface area contributed by atoms with Crippen molar-refractivity contribution in [3.63, 3.8) is 0 Å². The number of hydrogen-bond acceptors (Lipinski definition) is 4. The zero-order valence-corrected chi connectivity index (χ0v) is 16.1. The van der Waals surface area contributed by atoms with Crippen molar-refractivity contribution in [2.45, 2.75) is 0 Å². The molecule has 0 saturated carbocycles. The molecule has 0 unspecified atom stereocenters. The molecule has 7 nitrogen and oxygen atoms in total. The molecule has 1 fully saturated rings. The van der Waals surface area contributed by atoms with Gasteiger partial charge in [0, 0.05) is 11.3 Å². The summed E-state index contributed by atoms with van der Waals surface area (Å²) in [6.45, 7) is 2.67. The maximum absolute atomic E-state index is 12.9. The Kier molecular flexibility index (Phi) is 6.56. The van der Waals surface area contributed by atoms with Gasteiger partial charge in [-0.2, -0.15) is 0 Å². The molecule has 1 heterocycles. The Morgan fingerprint density at radius 1 is 1.00 bits per heavy atom. The number of amides is 2. The molecule has 0 aliphatic carbocycles. The average Bonchev–Trinajstić information content (AvgIpc) is 2.75. The summed E-state index contributed by atoms with van der Waals surface area (Å²) in [5.41, 5.74) is 1.46. The van der Waals surface area contributed by atoms with Gasteiger partial charge < -0.3 is 19.9 Å². The third-order valence-corrected chi connectivity index (χ3v) is 4.85. The number of methoxy groups -OCH3 is 1. The lowest BCUT2D eigenvalue weighted by Crippen LogP contribution is -3.15. The number of carbonyl (C=O) groups excluding carboxylic acids is 3. The monoisotopic (exact) mass is 400 g/mol. The zero-order valence-electron chi connectivity index (χ0n) is 16.1. The second-order valence-electron chi connectivity index (χ2n) is 6.84. The van der Waals surface area contributed by atoms with Crippen molar-refractivity contribution >= 4 is 23.5 Å². The maximum Gasteiger partial charge on any atom is 0.337 e. The van der Waals surface area contributed by atoms with Crippen LogP contribution in [0.15, 0.2) is 48.5 Å². The fourth-order valence-electron chi connectivity index (χ4n) is 3.22. The van der Waals surface area contributed by atoms with E-state index in [1.165, 1.54) is 31.4 Å². The number of piperazine rings is 1. The molecule has 2 amide bonds. The van der Waals surface area contributed by atoms with Gasteiger partial charge in [0.15, 0.2) is 6.54 Å². The first-order valence-electron chi connectivity index (χ1n) is 9.33. The van der Waals surface area contributed by atoms with Crippen LogP contribution in [0.2, 0.25) is 0 Å². The molecule has 2 N–H and O–H groups in total. The highest BCUT2D eigenvalue weighted by Crippen LogP contribution is 2.10. The van der Waals surface area contributed by atoms with E-state index in [-0.39, 0.29) is 24.2 Å². The number of quaternary nitrogens is 1. The summed E-state index contributed by atoms with van der Waals surface area (Å²) >= 11 is 0. The van der Waals surface area contributed by atoms with Crippen LogP contribution in [0.3, 0.4) is 0 Å². The minimum atomic E-state index is -0.444. The van der Waals surface area contributed by atoms with E-state index in [1.807, 2.05) is 0 Å². The van der Waals surface area contributed by atoms with Gasteiger partial charge in [0.2, 0.25) is 0 Å². The molecule has 8 heteroatoms. The number of esters is 1. The third-order valence-electron chi connectivity index (χ3n) is 4.85. The molecule has 0 atom stereocenters. The fraction of sp³-hybridized carbons (Fsp3) is 0.286. The van der Waals surface area contributed by atoms with E-state index < -0.39 is 5.97 Å². The summed E-state index contributed by atoms with van der Waals surface area (Å²) < 4.78 is 17.6. The lowest BCUT2D eigenvalue weighted by Gasteiger charge is -2.32. The lowest BCUT2D eigenvalue weighted by molar-refractivity contribution is -0.895. The smallest absolute Gasteiger partial charge is 0.337 e. The Morgan fingerprint density at radius 2 is 1.59 bits per heavy atom. The predicted molar refractivity (Wildman–Crippen MR) is 104 cm³/mol. The quantitative estimate of drug-likeness (QED) is 0.720. The van der Waals surface area contributed by atoms with E-state index in [1.54, 1.807) is 29.2 Å². The molecule has 2 aromatic carbocycles. The molecular formula is C21H23FN3O4+. The molecule has 3 rings (SSSR count). The van der Waals surface area contributed by atoms with Crippen LogP contribution < -0.4 is 10.2 Å². The van der Waals surface area contributed by atoms with Gasteiger partial charge in [-0.15, -0.1) is 0 Å². The number of nitrogens with zero attached hydrogens (tertiary/aromatic N) is 1. The second kappa shape index (κ2) is 9.29. The van der Waals surface area contributed by atoms with E-state index in [2.05, 4.69) is 10.1 Å². The Balaban J connectivity index is 1.48. The second-order valence-corrected chi connectivity index (χ2v) is 6.84. The van der Waals surface area contributed by atoms with Crippen LogP contribution in [0.25, 0.3) is 0 Å². The number of rotatable bonds is 5. The largest absolute Gasteiger partial charge is 0.465 e. The zero-order chi connectivity index (χ0) is 20.8. The normalized spacial score (nSPS) is 14.3. The summed E-state index contributed by atoms with van der Waals surface area (Å²) in [4.78, 5) is 39.1. The van der Waals surface area contributed by atoms with Gasteiger partial charge in [-0.25, -0.2) is 9.18 Å². The minimum absolute atomic E-state index is 0.101. The summed E-state index contributed by atoms with van der Waals surface area (Å²) in [6, 6.07) is 12.0. The Hall–Kier alpha value is -3.26. The Labute approximate surface area is 168 Å². The van der Waals surface area contributed by atoms with Crippen LogP contribution in [0.4, 0.5) is 10.1 Å². The highest BCUT2D eigenvalue weighted by atomic mass is 19.1. The van der Waals surface area contributed by atoms with E-state index in [9.17, 15) is 18.8 Å². The predicted octanol–water partition coefficient (Wildman–Crippen LogP) is 0.592. The summed E-state index contributed by atoms with van der Waals surface area (Å²) in [6.07, 6.45) is 0. The highest BCUT2D eigenvalue weighted by molar-refractivity contribution is 5.96. The van der Waals surface area contributed by atoms with Crippen LogP contribution in [-0.2, 0) is 9.53 Å². The molecule has 29 heavy (non-hydrogen) atoms. The number of hydrogen-bond donors (Lipinski definition) is 2. The first-order valence-corrected chi connectivity index (χ1v) is 9.33. The van der Waals surface area contributed by atoms with Gasteiger partial charge in [0.05, 0.1) is 38.9 Å². The third kappa shape index (κ3) is 5.39. The summed E-state index contributed by atoms with van der Waals surface area (Å²) in [5.74, 6) is -1.05. The van der Waals surface area contributed by atoms with E-state index in [0.717, 1.165) is 4.90 Å². The molecule has 1 aliphatic heterocycles. The van der Waals surface area contributed by atoms with Crippen LogP contribution in [0.5, 0.6) is 0 Å². The van der Waals surface area contributed by atoms with Gasteiger partial charge in [-0.05, 0) is 48.5 Å². The highest BCUT2D eigenvalue weighted by Gasteiger charge is 2.26. The van der Waals surface area contributed by atoms with E-state index in [0.29, 0.717) is 43.0 Å². The van der Waals surface area contributed by atoms with E-state index >= 15 is 0 Å². The molecule has 0 bridgehead atoms. The van der Waals surface area contributed by atoms with Gasteiger partial charge in [-0.1, -0.05) is 0 Å². The summed E-state index contributed by atoms with van der Waals surface area (Å²) in [7, 11) is 1.31. The first kappa shape index (κ1) is 20.5. The molecule has 2 aromatic rings. The molecular weight excluding hydrogens is 377 g/mol. The fourth-order valence-corrected chi connectivity index (χ4v) is 3.22. The molecule has 1 aliphatic rings. The maximum atomic E-state index is 12.9. The van der Waals surface area contributed by atoms with Crippen molar-refractivity contribution in [2.24, 2.45) is 0 Å². The van der Waals surface area contributed by atoms with Crippen LogP contribution >= 0.6 is 0 Å². The Morgan fingerprint density at radius 3 is 2.17 bits per heavy atom. The topological polar surface area (TPSA) is 80.2 Å². The average molecular weight is 400 g/mol. The minimum Gasteiger partial charge on any atom is -0.465 e. The van der Waals surface area contributed by atoms with Crippen molar-refractivity contribution < 1.29 is 28.4 Å². The number of anilines is 1. The molecule has 0 aromatic heterocycles. The van der Waals surface area contributed by atoms with Crippen LogP contribution in [0.1, 0.15) is 20.7 Å². The number of halogens is 1. The van der Waals surface area contributed by atoms with Gasteiger partial charge in [0.1, 0.15) is 5.82 Å². The number of carbonyl (C=O) groups is 3. The Bertz CT molecular complexity index is 876. The van der Waals surface area contributed by atoms with Gasteiger partial charge in [-0.3, -0.25) is 9.59 Å². The van der Waals surface area contributed by atoms with Crippen molar-refractivity contribution in [1.82, 2.24) is 4.90 Å². The van der Waals surface area contributed by atoms with Crippen LogP contribution in [0, 0.1) is 5.82 Å². The van der Waals surface area contributed by atoms with Crippen LogP contribution in [-0.4, -0.2) is 62.5 Å². The number of nitrogens with one attached hydrogen (secondary N) is 2. The molecule has 1 saturated heterocycles. The van der Waals surface area contributed by atoms with Gasteiger partial charge >= 0.3 is 5.97 Å². The first-order chi connectivity index (χ1) is 14.0. The molecule has 152 valence electrons. The number of ether oxygens (including phenoxy) is 1. The molecule has 0 radical (unpaired) electrons. The van der Waals surface area contributed by atoms with Crippen molar-refractivity contribution in [3.05, 3.63) is 65.5 Å². The van der Waals surface area contributed by atoms with Crippen molar-refractivity contribution in [1.29, 1.82) is 0 Å². The van der Waals surface area contributed by atoms with E-state index in [4.69, 9.17) is 0 Å². The van der Waals surface area contributed by atoms with Gasteiger partial charge in [0.25, 0.3) is 11.8 Å². The number of benzene rings is 2. The van der Waals surface area contributed by atoms with Crippen molar-refractivity contribution in [2.75, 3.05) is 45.2 Å². The SMILES string of the molecule is COC(=O)c1ccc(C(=O)N2CC[NH+](CC(=O)Nc3ccc(F)cc3)CC2)cc1.